The van der Waals surface area contributed by atoms with Crippen molar-refractivity contribution >= 4 is 21.4 Å². The Hall–Kier alpha value is -0.430. The molecule has 0 amide bonds. The summed E-state index contributed by atoms with van der Waals surface area (Å²) < 4.78 is 27.3. The van der Waals surface area contributed by atoms with Crippen LogP contribution in [0.15, 0.2) is 16.3 Å². The maximum atomic E-state index is 12.6. The van der Waals surface area contributed by atoms with Gasteiger partial charge < -0.3 is 5.32 Å². The van der Waals surface area contributed by atoms with E-state index in [-0.39, 0.29) is 0 Å². The molecule has 0 spiro atoms. The number of aryl methyl sites for hydroxylation is 1. The number of nitrogens with zero attached hydrogens (tertiary/aromatic N) is 1. The van der Waals surface area contributed by atoms with E-state index in [2.05, 4.69) is 19.2 Å². The van der Waals surface area contributed by atoms with E-state index in [9.17, 15) is 8.42 Å². The van der Waals surface area contributed by atoms with Gasteiger partial charge in [-0.05, 0) is 44.4 Å². The second-order valence-corrected chi connectivity index (χ2v) is 9.25. The van der Waals surface area contributed by atoms with Crippen molar-refractivity contribution in [3.63, 3.8) is 0 Å². The molecule has 1 aromatic heterocycles. The molecule has 0 saturated carbocycles. The topological polar surface area (TPSA) is 49.4 Å². The molecule has 1 saturated heterocycles. The van der Waals surface area contributed by atoms with Crippen molar-refractivity contribution in [1.29, 1.82) is 0 Å². The summed E-state index contributed by atoms with van der Waals surface area (Å²) in [6, 6.07) is 4.05. The summed E-state index contributed by atoms with van der Waals surface area (Å²) >= 11 is 1.36. The Balaban J connectivity index is 2.04. The Morgan fingerprint density at radius 1 is 1.45 bits per heavy atom. The minimum absolute atomic E-state index is 0.419. The number of rotatable bonds is 5. The highest BCUT2D eigenvalue weighted by Gasteiger charge is 2.30. The highest BCUT2D eigenvalue weighted by Crippen LogP contribution is 2.27. The molecular weight excluding hydrogens is 292 g/mol. The molecule has 0 aromatic carbocycles. The zero-order chi connectivity index (χ0) is 14.8. The highest BCUT2D eigenvalue weighted by atomic mass is 32.2. The predicted octanol–water partition coefficient (Wildman–Crippen LogP) is 2.46. The van der Waals surface area contributed by atoms with E-state index in [0.717, 1.165) is 24.3 Å². The van der Waals surface area contributed by atoms with E-state index in [1.165, 1.54) is 11.3 Å². The Morgan fingerprint density at radius 2 is 2.20 bits per heavy atom. The van der Waals surface area contributed by atoms with Crippen molar-refractivity contribution in [2.45, 2.75) is 43.9 Å². The van der Waals surface area contributed by atoms with Gasteiger partial charge in [-0.25, -0.2) is 8.42 Å². The lowest BCUT2D eigenvalue weighted by Crippen LogP contribution is -2.43. The van der Waals surface area contributed by atoms with Gasteiger partial charge in [0.25, 0.3) is 10.0 Å². The molecule has 114 valence electrons. The van der Waals surface area contributed by atoms with Crippen LogP contribution >= 0.6 is 11.3 Å². The lowest BCUT2D eigenvalue weighted by Gasteiger charge is -2.32. The molecule has 1 atom stereocenters. The molecule has 1 fully saturated rings. The van der Waals surface area contributed by atoms with Crippen molar-refractivity contribution in [3.05, 3.63) is 17.0 Å². The predicted molar refractivity (Wildman–Crippen MR) is 83.7 cm³/mol. The van der Waals surface area contributed by atoms with Crippen molar-refractivity contribution < 1.29 is 8.42 Å². The standard InChI is InChI=1S/C14H24N2O2S2/c1-11(2)15-9-13-5-4-8-16(10-13)20(17,18)14-7-6-12(3)19-14/h6-7,11,13,15H,4-5,8-10H2,1-3H3. The van der Waals surface area contributed by atoms with Gasteiger partial charge in [0.15, 0.2) is 0 Å². The van der Waals surface area contributed by atoms with Crippen molar-refractivity contribution in [1.82, 2.24) is 9.62 Å². The fourth-order valence-corrected chi connectivity index (χ4v) is 5.48. The number of nitrogens with one attached hydrogen (secondary N) is 1. The third kappa shape index (κ3) is 3.81. The van der Waals surface area contributed by atoms with Gasteiger partial charge in [0.1, 0.15) is 4.21 Å². The van der Waals surface area contributed by atoms with Gasteiger partial charge >= 0.3 is 0 Å². The molecule has 1 unspecified atom stereocenters. The second-order valence-electron chi connectivity index (χ2n) is 5.80. The number of thiophene rings is 1. The van der Waals surface area contributed by atoms with Gasteiger partial charge in [0.2, 0.25) is 0 Å². The maximum Gasteiger partial charge on any atom is 0.252 e. The Kier molecular flexibility index (Phi) is 5.23. The van der Waals surface area contributed by atoms with Crippen LogP contribution in [0.1, 0.15) is 31.6 Å². The third-order valence-electron chi connectivity index (χ3n) is 3.61. The summed E-state index contributed by atoms with van der Waals surface area (Å²) in [5.41, 5.74) is 0. The van der Waals surface area contributed by atoms with Crippen LogP contribution in [0, 0.1) is 12.8 Å². The average Bonchev–Trinajstić information content (AvgIpc) is 2.84. The van der Waals surface area contributed by atoms with E-state index < -0.39 is 10.0 Å². The first kappa shape index (κ1) is 15.9. The van der Waals surface area contributed by atoms with Crippen LogP contribution in [-0.4, -0.2) is 38.4 Å². The molecule has 1 aliphatic heterocycles. The monoisotopic (exact) mass is 316 g/mol. The zero-order valence-electron chi connectivity index (χ0n) is 12.4. The van der Waals surface area contributed by atoms with Gasteiger partial charge in [-0.2, -0.15) is 4.31 Å². The van der Waals surface area contributed by atoms with Crippen LogP contribution in [0.2, 0.25) is 0 Å². The number of piperidine rings is 1. The molecule has 2 heterocycles. The molecule has 20 heavy (non-hydrogen) atoms. The summed E-state index contributed by atoms with van der Waals surface area (Å²) in [6.07, 6.45) is 2.06. The van der Waals surface area contributed by atoms with Gasteiger partial charge in [0.05, 0.1) is 0 Å². The SMILES string of the molecule is Cc1ccc(S(=O)(=O)N2CCCC(CNC(C)C)C2)s1. The van der Waals surface area contributed by atoms with Gasteiger partial charge in [0, 0.05) is 24.0 Å². The summed E-state index contributed by atoms with van der Waals surface area (Å²) in [5, 5.41) is 3.41. The van der Waals surface area contributed by atoms with E-state index in [0.29, 0.717) is 29.3 Å². The van der Waals surface area contributed by atoms with E-state index in [4.69, 9.17) is 0 Å². The fraction of sp³-hybridized carbons (Fsp3) is 0.714. The number of hydrogen-bond donors (Lipinski definition) is 1. The fourth-order valence-electron chi connectivity index (χ4n) is 2.49. The zero-order valence-corrected chi connectivity index (χ0v) is 14.1. The normalized spacial score (nSPS) is 21.5. The molecule has 1 aliphatic rings. The summed E-state index contributed by atoms with van der Waals surface area (Å²) in [7, 11) is -3.29. The van der Waals surface area contributed by atoms with Crippen LogP contribution in [0.25, 0.3) is 0 Å². The van der Waals surface area contributed by atoms with Gasteiger partial charge in [-0.15, -0.1) is 11.3 Å². The molecule has 1 aromatic rings. The Labute approximate surface area is 126 Å². The first-order chi connectivity index (χ1) is 9.39. The molecule has 4 nitrogen and oxygen atoms in total. The van der Waals surface area contributed by atoms with E-state index in [1.807, 2.05) is 13.0 Å². The molecule has 1 N–H and O–H groups in total. The van der Waals surface area contributed by atoms with E-state index in [1.54, 1.807) is 10.4 Å². The first-order valence-corrected chi connectivity index (χ1v) is 9.45. The van der Waals surface area contributed by atoms with Crippen molar-refractivity contribution in [3.8, 4) is 0 Å². The van der Waals surface area contributed by atoms with Crippen LogP contribution in [-0.2, 0) is 10.0 Å². The second kappa shape index (κ2) is 6.56. The number of sulfonamides is 1. The quantitative estimate of drug-likeness (QED) is 0.908. The first-order valence-electron chi connectivity index (χ1n) is 7.19. The smallest absolute Gasteiger partial charge is 0.252 e. The minimum Gasteiger partial charge on any atom is -0.314 e. The largest absolute Gasteiger partial charge is 0.314 e. The maximum absolute atomic E-state index is 12.6. The third-order valence-corrected chi connectivity index (χ3v) is 6.94. The average molecular weight is 316 g/mol. The lowest BCUT2D eigenvalue weighted by atomic mass is 9.99. The highest BCUT2D eigenvalue weighted by molar-refractivity contribution is 7.91. The van der Waals surface area contributed by atoms with Crippen LogP contribution in [0.3, 0.4) is 0 Å². The molecule has 0 aliphatic carbocycles. The van der Waals surface area contributed by atoms with Gasteiger partial charge in [-0.1, -0.05) is 13.8 Å². The molecule has 0 radical (unpaired) electrons. The van der Waals surface area contributed by atoms with Gasteiger partial charge in [-0.3, -0.25) is 0 Å². The van der Waals surface area contributed by atoms with Crippen LogP contribution in [0.5, 0.6) is 0 Å². The van der Waals surface area contributed by atoms with Crippen LogP contribution < -0.4 is 5.32 Å². The summed E-state index contributed by atoms with van der Waals surface area (Å²) in [4.78, 5) is 1.04. The molecule has 2 rings (SSSR count). The Bertz CT molecular complexity index is 537. The summed E-state index contributed by atoms with van der Waals surface area (Å²) in [6.45, 7) is 8.36. The summed E-state index contributed by atoms with van der Waals surface area (Å²) in [5.74, 6) is 0.419. The van der Waals surface area contributed by atoms with Crippen molar-refractivity contribution in [2.24, 2.45) is 5.92 Å². The van der Waals surface area contributed by atoms with E-state index >= 15 is 0 Å². The minimum atomic E-state index is -3.29. The lowest BCUT2D eigenvalue weighted by molar-refractivity contribution is 0.257. The Morgan fingerprint density at radius 3 is 2.80 bits per heavy atom. The molecule has 6 heteroatoms. The van der Waals surface area contributed by atoms with Crippen molar-refractivity contribution in [2.75, 3.05) is 19.6 Å². The number of hydrogen-bond acceptors (Lipinski definition) is 4. The molecular formula is C14H24N2O2S2. The molecule has 0 bridgehead atoms. The van der Waals surface area contributed by atoms with Crippen LogP contribution in [0.4, 0.5) is 0 Å².